The molecule has 0 saturated carbocycles. The standard InChI is InChI=1S/C12H16O2S/c1-11(13)14-8-10-15-9-7-12-5-3-2-4-6-12/h2-6H,7-10H2,1H3. The summed E-state index contributed by atoms with van der Waals surface area (Å²) in [5.41, 5.74) is 1.36. The van der Waals surface area contributed by atoms with E-state index in [9.17, 15) is 4.79 Å². The number of thioether (sulfide) groups is 1. The van der Waals surface area contributed by atoms with Crippen LogP contribution in [0.5, 0.6) is 0 Å². The lowest BCUT2D eigenvalue weighted by atomic mass is 10.2. The maximum absolute atomic E-state index is 10.5. The molecule has 0 aromatic heterocycles. The zero-order valence-corrected chi connectivity index (χ0v) is 9.76. The predicted octanol–water partition coefficient (Wildman–Crippen LogP) is 2.53. The van der Waals surface area contributed by atoms with Crippen LogP contribution in [0.3, 0.4) is 0 Å². The summed E-state index contributed by atoms with van der Waals surface area (Å²) in [4.78, 5) is 10.5. The van der Waals surface area contributed by atoms with Crippen molar-refractivity contribution >= 4 is 17.7 Å². The largest absolute Gasteiger partial charge is 0.465 e. The zero-order chi connectivity index (χ0) is 10.9. The first-order chi connectivity index (χ1) is 7.29. The number of hydrogen-bond donors (Lipinski definition) is 0. The van der Waals surface area contributed by atoms with Gasteiger partial charge in [-0.05, 0) is 17.7 Å². The number of carbonyl (C=O) groups excluding carboxylic acids is 1. The number of rotatable bonds is 6. The van der Waals surface area contributed by atoms with Gasteiger partial charge in [-0.1, -0.05) is 30.3 Å². The maximum atomic E-state index is 10.5. The molecule has 1 aromatic rings. The Morgan fingerprint density at radius 2 is 2.00 bits per heavy atom. The second kappa shape index (κ2) is 7.35. The second-order valence-corrected chi connectivity index (χ2v) is 4.41. The summed E-state index contributed by atoms with van der Waals surface area (Å²) in [7, 11) is 0. The number of esters is 1. The fraction of sp³-hybridized carbons (Fsp3) is 0.417. The fourth-order valence-electron chi connectivity index (χ4n) is 1.18. The molecule has 15 heavy (non-hydrogen) atoms. The maximum Gasteiger partial charge on any atom is 0.302 e. The van der Waals surface area contributed by atoms with Gasteiger partial charge >= 0.3 is 5.97 Å². The molecule has 2 nitrogen and oxygen atoms in total. The Kier molecular flexibility index (Phi) is 5.93. The molecule has 1 aromatic carbocycles. The van der Waals surface area contributed by atoms with Gasteiger partial charge in [0, 0.05) is 12.7 Å². The van der Waals surface area contributed by atoms with Crippen LogP contribution in [0.4, 0.5) is 0 Å². The number of aryl methyl sites for hydroxylation is 1. The Labute approximate surface area is 95.0 Å². The first-order valence-electron chi connectivity index (χ1n) is 5.04. The minimum absolute atomic E-state index is 0.196. The fourth-order valence-corrected chi connectivity index (χ4v) is 1.97. The molecule has 82 valence electrons. The summed E-state index contributed by atoms with van der Waals surface area (Å²) in [6, 6.07) is 10.4. The van der Waals surface area contributed by atoms with Crippen LogP contribution < -0.4 is 0 Å². The van der Waals surface area contributed by atoms with E-state index in [0.717, 1.165) is 17.9 Å². The molecule has 0 heterocycles. The highest BCUT2D eigenvalue weighted by molar-refractivity contribution is 7.99. The lowest BCUT2D eigenvalue weighted by Gasteiger charge is -2.02. The van der Waals surface area contributed by atoms with E-state index in [4.69, 9.17) is 4.74 Å². The first-order valence-corrected chi connectivity index (χ1v) is 6.19. The van der Waals surface area contributed by atoms with Crippen molar-refractivity contribution in [3.63, 3.8) is 0 Å². The minimum atomic E-state index is -0.196. The van der Waals surface area contributed by atoms with Gasteiger partial charge < -0.3 is 4.74 Å². The van der Waals surface area contributed by atoms with Gasteiger partial charge in [0.15, 0.2) is 0 Å². The Balaban J connectivity index is 2.00. The highest BCUT2D eigenvalue weighted by Crippen LogP contribution is 2.06. The molecule has 0 unspecified atom stereocenters. The summed E-state index contributed by atoms with van der Waals surface area (Å²) in [6.07, 6.45) is 1.07. The Morgan fingerprint density at radius 1 is 1.27 bits per heavy atom. The van der Waals surface area contributed by atoms with Gasteiger partial charge in [-0.2, -0.15) is 11.8 Å². The van der Waals surface area contributed by atoms with E-state index in [0.29, 0.717) is 6.61 Å². The molecule has 1 rings (SSSR count). The van der Waals surface area contributed by atoms with Crippen LogP contribution in [0.1, 0.15) is 12.5 Å². The van der Waals surface area contributed by atoms with Crippen LogP contribution in [0.25, 0.3) is 0 Å². The van der Waals surface area contributed by atoms with Gasteiger partial charge in [0.2, 0.25) is 0 Å². The van der Waals surface area contributed by atoms with E-state index in [-0.39, 0.29) is 5.97 Å². The molecule has 0 amide bonds. The number of benzene rings is 1. The summed E-state index contributed by atoms with van der Waals surface area (Å²) < 4.78 is 4.83. The SMILES string of the molecule is CC(=O)OCCSCCc1ccccc1. The second-order valence-electron chi connectivity index (χ2n) is 3.19. The first kappa shape index (κ1) is 12.1. The third-order valence-electron chi connectivity index (χ3n) is 1.91. The summed E-state index contributed by atoms with van der Waals surface area (Å²) >= 11 is 1.81. The van der Waals surface area contributed by atoms with Gasteiger partial charge in [-0.25, -0.2) is 0 Å². The van der Waals surface area contributed by atoms with Gasteiger partial charge in [-0.3, -0.25) is 4.79 Å². The zero-order valence-electron chi connectivity index (χ0n) is 8.94. The number of carbonyl (C=O) groups is 1. The lowest BCUT2D eigenvalue weighted by molar-refractivity contribution is -0.140. The molecule has 0 N–H and O–H groups in total. The van der Waals surface area contributed by atoms with Crippen LogP contribution in [0.15, 0.2) is 30.3 Å². The molecule has 0 saturated heterocycles. The van der Waals surface area contributed by atoms with Crippen molar-refractivity contribution in [1.82, 2.24) is 0 Å². The number of hydrogen-bond acceptors (Lipinski definition) is 3. The average molecular weight is 224 g/mol. The van der Waals surface area contributed by atoms with E-state index in [1.807, 2.05) is 17.8 Å². The molecule has 0 atom stereocenters. The monoisotopic (exact) mass is 224 g/mol. The van der Waals surface area contributed by atoms with Crippen LogP contribution in [0, 0.1) is 0 Å². The predicted molar refractivity (Wildman–Crippen MR) is 64.1 cm³/mol. The molecule has 0 aliphatic carbocycles. The van der Waals surface area contributed by atoms with Crippen molar-refractivity contribution in [1.29, 1.82) is 0 Å². The van der Waals surface area contributed by atoms with E-state index >= 15 is 0 Å². The third kappa shape index (κ3) is 6.18. The molecule has 0 radical (unpaired) electrons. The minimum Gasteiger partial charge on any atom is -0.465 e. The van der Waals surface area contributed by atoms with Crippen LogP contribution >= 0.6 is 11.8 Å². The molecule has 0 fully saturated rings. The van der Waals surface area contributed by atoms with Gasteiger partial charge in [0.05, 0.1) is 0 Å². The normalized spacial score (nSPS) is 9.93. The quantitative estimate of drug-likeness (QED) is 0.548. The third-order valence-corrected chi connectivity index (χ3v) is 2.86. The molecular formula is C12H16O2S. The molecule has 3 heteroatoms. The molecule has 0 bridgehead atoms. The smallest absolute Gasteiger partial charge is 0.302 e. The average Bonchev–Trinajstić information content (AvgIpc) is 2.24. The van der Waals surface area contributed by atoms with Crippen LogP contribution in [0.2, 0.25) is 0 Å². The van der Waals surface area contributed by atoms with E-state index in [2.05, 4.69) is 24.3 Å². The Morgan fingerprint density at radius 3 is 2.67 bits per heavy atom. The van der Waals surface area contributed by atoms with E-state index in [1.165, 1.54) is 12.5 Å². The van der Waals surface area contributed by atoms with Gasteiger partial charge in [0.25, 0.3) is 0 Å². The van der Waals surface area contributed by atoms with Crippen molar-refractivity contribution in [3.8, 4) is 0 Å². The van der Waals surface area contributed by atoms with Crippen molar-refractivity contribution < 1.29 is 9.53 Å². The number of ether oxygens (including phenoxy) is 1. The molecule has 0 aliphatic rings. The van der Waals surface area contributed by atoms with E-state index < -0.39 is 0 Å². The molecule has 0 spiro atoms. The lowest BCUT2D eigenvalue weighted by Crippen LogP contribution is -2.03. The molecular weight excluding hydrogens is 208 g/mol. The van der Waals surface area contributed by atoms with Crippen molar-refractivity contribution in [2.75, 3.05) is 18.1 Å². The Bertz CT molecular complexity index is 285. The molecule has 0 aliphatic heterocycles. The van der Waals surface area contributed by atoms with E-state index in [1.54, 1.807) is 0 Å². The summed E-state index contributed by atoms with van der Waals surface area (Å²) in [5, 5.41) is 0. The van der Waals surface area contributed by atoms with Crippen LogP contribution in [-0.2, 0) is 16.0 Å². The highest BCUT2D eigenvalue weighted by atomic mass is 32.2. The van der Waals surface area contributed by atoms with Gasteiger partial charge in [0.1, 0.15) is 6.61 Å². The summed E-state index contributed by atoms with van der Waals surface area (Å²) in [6.45, 7) is 1.96. The van der Waals surface area contributed by atoms with Crippen LogP contribution in [-0.4, -0.2) is 24.1 Å². The highest BCUT2D eigenvalue weighted by Gasteiger charge is 1.94. The van der Waals surface area contributed by atoms with Gasteiger partial charge in [-0.15, -0.1) is 0 Å². The Hall–Kier alpha value is -0.960. The topological polar surface area (TPSA) is 26.3 Å². The van der Waals surface area contributed by atoms with Crippen molar-refractivity contribution in [2.24, 2.45) is 0 Å². The van der Waals surface area contributed by atoms with Crippen molar-refractivity contribution in [2.45, 2.75) is 13.3 Å². The summed E-state index contributed by atoms with van der Waals surface area (Å²) in [5.74, 6) is 1.76. The van der Waals surface area contributed by atoms with Crippen molar-refractivity contribution in [3.05, 3.63) is 35.9 Å².